The molecule has 0 saturated carbocycles. The SMILES string of the molecule is COc1cc(Nc2cc(NC(C)=O)ncc2-c2ncc(F)cn2)nc(C(C)(F)F)n1. The highest BCUT2D eigenvalue weighted by Crippen LogP contribution is 2.32. The van der Waals surface area contributed by atoms with Crippen LogP contribution in [0.4, 0.5) is 30.5 Å². The van der Waals surface area contributed by atoms with Crippen LogP contribution in [0.1, 0.15) is 19.7 Å². The van der Waals surface area contributed by atoms with Gasteiger partial charge in [0.05, 0.1) is 30.8 Å². The van der Waals surface area contributed by atoms with Crippen LogP contribution < -0.4 is 15.4 Å². The first-order valence-electron chi connectivity index (χ1n) is 8.49. The minimum Gasteiger partial charge on any atom is -0.481 e. The first-order chi connectivity index (χ1) is 14.2. The van der Waals surface area contributed by atoms with Crippen molar-refractivity contribution in [2.45, 2.75) is 19.8 Å². The number of amides is 1. The molecule has 3 heterocycles. The summed E-state index contributed by atoms with van der Waals surface area (Å²) in [6.45, 7) is 1.96. The number of anilines is 3. The van der Waals surface area contributed by atoms with Gasteiger partial charge in [-0.2, -0.15) is 13.8 Å². The smallest absolute Gasteiger partial charge is 0.304 e. The molecule has 0 atom stereocenters. The first-order valence-corrected chi connectivity index (χ1v) is 8.49. The highest BCUT2D eigenvalue weighted by atomic mass is 19.3. The van der Waals surface area contributed by atoms with Crippen LogP contribution in [0.3, 0.4) is 0 Å². The zero-order chi connectivity index (χ0) is 21.9. The summed E-state index contributed by atoms with van der Waals surface area (Å²) in [6.07, 6.45) is 3.28. The van der Waals surface area contributed by atoms with Gasteiger partial charge >= 0.3 is 5.92 Å². The first kappa shape index (κ1) is 20.9. The van der Waals surface area contributed by atoms with E-state index in [1.165, 1.54) is 32.4 Å². The van der Waals surface area contributed by atoms with Crippen LogP contribution in [-0.2, 0) is 10.7 Å². The van der Waals surface area contributed by atoms with E-state index in [-0.39, 0.29) is 34.9 Å². The number of pyridine rings is 1. The second-order valence-corrected chi connectivity index (χ2v) is 6.15. The lowest BCUT2D eigenvalue weighted by atomic mass is 10.2. The maximum absolute atomic E-state index is 13.8. The summed E-state index contributed by atoms with van der Waals surface area (Å²) >= 11 is 0. The Bertz CT molecular complexity index is 1070. The maximum Gasteiger partial charge on any atom is 0.304 e. The van der Waals surface area contributed by atoms with Gasteiger partial charge in [0.1, 0.15) is 11.6 Å². The Morgan fingerprint density at radius 2 is 1.77 bits per heavy atom. The number of aromatic nitrogens is 5. The van der Waals surface area contributed by atoms with Crippen LogP contribution in [0.15, 0.2) is 30.7 Å². The number of halogens is 3. The lowest BCUT2D eigenvalue weighted by Gasteiger charge is -2.15. The predicted molar refractivity (Wildman–Crippen MR) is 101 cm³/mol. The average Bonchev–Trinajstić information content (AvgIpc) is 2.67. The molecule has 0 bridgehead atoms. The third-order valence-electron chi connectivity index (χ3n) is 3.64. The van der Waals surface area contributed by atoms with Crippen molar-refractivity contribution in [1.82, 2.24) is 24.9 Å². The van der Waals surface area contributed by atoms with Crippen molar-refractivity contribution in [3.8, 4) is 17.3 Å². The third-order valence-corrected chi connectivity index (χ3v) is 3.64. The summed E-state index contributed by atoms with van der Waals surface area (Å²) in [7, 11) is 1.28. The van der Waals surface area contributed by atoms with E-state index in [1.807, 2.05) is 0 Å². The van der Waals surface area contributed by atoms with E-state index in [0.717, 1.165) is 12.4 Å². The van der Waals surface area contributed by atoms with Crippen molar-refractivity contribution in [3.05, 3.63) is 42.4 Å². The van der Waals surface area contributed by atoms with E-state index in [9.17, 15) is 18.0 Å². The van der Waals surface area contributed by atoms with Crippen LogP contribution in [0.25, 0.3) is 11.4 Å². The fourth-order valence-corrected chi connectivity index (χ4v) is 2.36. The Morgan fingerprint density at radius 3 is 2.37 bits per heavy atom. The number of hydrogen-bond acceptors (Lipinski definition) is 8. The van der Waals surface area contributed by atoms with E-state index in [4.69, 9.17) is 4.74 Å². The Kier molecular flexibility index (Phi) is 5.76. The molecule has 0 fully saturated rings. The molecule has 30 heavy (non-hydrogen) atoms. The summed E-state index contributed by atoms with van der Waals surface area (Å²) in [5, 5.41) is 5.37. The topological polar surface area (TPSA) is 115 Å². The molecule has 3 aromatic rings. The molecule has 0 aliphatic carbocycles. The summed E-state index contributed by atoms with van der Waals surface area (Å²) in [4.78, 5) is 30.7. The molecule has 156 valence electrons. The van der Waals surface area contributed by atoms with Gasteiger partial charge in [-0.3, -0.25) is 4.79 Å². The number of carbonyl (C=O) groups excluding carboxylic acids is 1. The molecule has 0 aliphatic rings. The molecular weight excluding hydrogens is 403 g/mol. The molecule has 0 radical (unpaired) electrons. The fraction of sp³-hybridized carbons (Fsp3) is 0.222. The molecule has 3 aromatic heterocycles. The van der Waals surface area contributed by atoms with Gasteiger partial charge in [0.15, 0.2) is 11.6 Å². The van der Waals surface area contributed by atoms with Gasteiger partial charge in [0, 0.05) is 32.2 Å². The van der Waals surface area contributed by atoms with Gasteiger partial charge in [-0.1, -0.05) is 0 Å². The Hall–Kier alpha value is -3.83. The molecule has 0 aromatic carbocycles. The van der Waals surface area contributed by atoms with E-state index in [1.54, 1.807) is 0 Å². The standard InChI is InChI=1S/C18H16F3N7O2/c1-9(29)25-13-4-12(11(8-22-13)16-23-6-10(19)7-24-16)26-14-5-15(30-3)28-17(27-14)18(2,20)21/h4-8H,1-3H3,(H2,22,25,26,27,28,29). The van der Waals surface area contributed by atoms with Gasteiger partial charge in [0.2, 0.25) is 17.6 Å². The zero-order valence-electron chi connectivity index (χ0n) is 16.1. The number of nitrogens with one attached hydrogen (secondary N) is 2. The summed E-state index contributed by atoms with van der Waals surface area (Å²) in [5.74, 6) is -4.86. The predicted octanol–water partition coefficient (Wildman–Crippen LogP) is 3.29. The normalized spacial score (nSPS) is 11.1. The van der Waals surface area contributed by atoms with Crippen LogP contribution in [0.2, 0.25) is 0 Å². The van der Waals surface area contributed by atoms with E-state index < -0.39 is 17.6 Å². The van der Waals surface area contributed by atoms with E-state index in [0.29, 0.717) is 12.5 Å². The molecule has 3 rings (SSSR count). The number of rotatable bonds is 6. The Balaban J connectivity index is 2.09. The highest BCUT2D eigenvalue weighted by Gasteiger charge is 2.29. The quantitative estimate of drug-likeness (QED) is 0.626. The second kappa shape index (κ2) is 8.27. The lowest BCUT2D eigenvalue weighted by Crippen LogP contribution is -2.14. The van der Waals surface area contributed by atoms with Crippen LogP contribution in [0.5, 0.6) is 5.88 Å². The van der Waals surface area contributed by atoms with Gasteiger partial charge in [-0.05, 0) is 0 Å². The molecule has 0 unspecified atom stereocenters. The second-order valence-electron chi connectivity index (χ2n) is 6.15. The molecule has 1 amide bonds. The molecule has 12 heteroatoms. The maximum atomic E-state index is 13.8. The van der Waals surface area contributed by atoms with Crippen molar-refractivity contribution in [2.75, 3.05) is 17.7 Å². The molecule has 0 spiro atoms. The number of alkyl halides is 2. The number of carbonyl (C=O) groups is 1. The molecule has 0 aliphatic heterocycles. The monoisotopic (exact) mass is 419 g/mol. The van der Waals surface area contributed by atoms with Crippen molar-refractivity contribution < 1.29 is 22.7 Å². The van der Waals surface area contributed by atoms with Gasteiger partial charge in [0.25, 0.3) is 0 Å². The fourth-order valence-electron chi connectivity index (χ4n) is 2.36. The van der Waals surface area contributed by atoms with Crippen LogP contribution >= 0.6 is 0 Å². The summed E-state index contributed by atoms with van der Waals surface area (Å²) in [6, 6.07) is 2.74. The van der Waals surface area contributed by atoms with Gasteiger partial charge in [-0.15, -0.1) is 0 Å². The molecule has 0 saturated heterocycles. The number of hydrogen-bond donors (Lipinski definition) is 2. The van der Waals surface area contributed by atoms with Crippen molar-refractivity contribution in [1.29, 1.82) is 0 Å². The minimum absolute atomic E-state index is 0.0123. The van der Waals surface area contributed by atoms with Gasteiger partial charge < -0.3 is 15.4 Å². The lowest BCUT2D eigenvalue weighted by molar-refractivity contribution is -0.114. The van der Waals surface area contributed by atoms with Crippen LogP contribution in [-0.4, -0.2) is 37.9 Å². The van der Waals surface area contributed by atoms with Gasteiger partial charge in [-0.25, -0.2) is 24.3 Å². The number of methoxy groups -OCH3 is 1. The third kappa shape index (κ3) is 4.96. The van der Waals surface area contributed by atoms with Crippen LogP contribution in [0, 0.1) is 5.82 Å². The van der Waals surface area contributed by atoms with E-state index >= 15 is 0 Å². The molecular formula is C18H16F3N7O2. The average molecular weight is 419 g/mol. The summed E-state index contributed by atoms with van der Waals surface area (Å²) in [5.41, 5.74) is 0.581. The Labute approximate surface area is 168 Å². The summed E-state index contributed by atoms with van der Waals surface area (Å²) < 4.78 is 45.7. The number of ether oxygens (including phenoxy) is 1. The van der Waals surface area contributed by atoms with Crippen molar-refractivity contribution >= 4 is 23.2 Å². The molecule has 2 N–H and O–H groups in total. The number of nitrogens with zero attached hydrogens (tertiary/aromatic N) is 5. The van der Waals surface area contributed by atoms with Crippen molar-refractivity contribution in [3.63, 3.8) is 0 Å². The largest absolute Gasteiger partial charge is 0.481 e. The van der Waals surface area contributed by atoms with E-state index in [2.05, 4.69) is 35.6 Å². The Morgan fingerprint density at radius 1 is 1.07 bits per heavy atom. The minimum atomic E-state index is -3.31. The highest BCUT2D eigenvalue weighted by molar-refractivity contribution is 5.89. The zero-order valence-corrected chi connectivity index (χ0v) is 16.1. The van der Waals surface area contributed by atoms with Crippen molar-refractivity contribution in [2.24, 2.45) is 0 Å². The molecule has 9 nitrogen and oxygen atoms in total.